The molecule has 1 aromatic heterocycles. The van der Waals surface area contributed by atoms with E-state index in [0.29, 0.717) is 37.2 Å². The summed E-state index contributed by atoms with van der Waals surface area (Å²) >= 11 is 13.2. The van der Waals surface area contributed by atoms with Gasteiger partial charge in [-0.3, -0.25) is 9.78 Å². The van der Waals surface area contributed by atoms with Gasteiger partial charge in [-0.05, 0) is 36.6 Å². The van der Waals surface area contributed by atoms with E-state index in [1.54, 1.807) is 30.3 Å². The molecule has 150 valence electrons. The lowest BCUT2D eigenvalue weighted by Gasteiger charge is -2.46. The van der Waals surface area contributed by atoms with Crippen LogP contribution in [-0.4, -0.2) is 28.6 Å². The first-order valence-electron chi connectivity index (χ1n) is 8.53. The highest BCUT2D eigenvalue weighted by molar-refractivity contribution is 6.50. The van der Waals surface area contributed by atoms with E-state index in [-0.39, 0.29) is 0 Å². The Labute approximate surface area is 170 Å². The normalized spacial score (nSPS) is 17.2. The highest BCUT2D eigenvalue weighted by Gasteiger charge is 2.53. The summed E-state index contributed by atoms with van der Waals surface area (Å²) < 4.78 is 42.2. The summed E-state index contributed by atoms with van der Waals surface area (Å²) in [5.74, 6) is -0.490. The topological polar surface area (TPSA) is 51.2 Å². The number of hydrogen-bond acceptors (Lipinski definition) is 3. The molecule has 4 nitrogen and oxygen atoms in total. The number of amides is 1. The van der Waals surface area contributed by atoms with Crippen LogP contribution in [0.25, 0.3) is 0 Å². The zero-order chi connectivity index (χ0) is 20.4. The van der Waals surface area contributed by atoms with Crippen LogP contribution in [-0.2, 0) is 16.3 Å². The molecule has 0 spiro atoms. The molecule has 0 unspecified atom stereocenters. The average Bonchev–Trinajstić information content (AvgIpc) is 2.68. The fourth-order valence-corrected chi connectivity index (χ4v) is 4.04. The minimum absolute atomic E-state index is 0.295. The Bertz CT molecular complexity index is 821. The van der Waals surface area contributed by atoms with Gasteiger partial charge in [0.1, 0.15) is 5.69 Å². The molecule has 28 heavy (non-hydrogen) atoms. The Morgan fingerprint density at radius 1 is 1.07 bits per heavy atom. The van der Waals surface area contributed by atoms with Crippen molar-refractivity contribution < 1.29 is 22.7 Å². The predicted molar refractivity (Wildman–Crippen MR) is 99.3 cm³/mol. The van der Waals surface area contributed by atoms with Gasteiger partial charge in [0, 0.05) is 25.0 Å². The lowest BCUT2D eigenvalue weighted by atomic mass is 9.74. The van der Waals surface area contributed by atoms with Crippen LogP contribution in [0.2, 0.25) is 0 Å². The summed E-state index contributed by atoms with van der Waals surface area (Å²) in [6.07, 6.45) is -2.82. The Morgan fingerprint density at radius 2 is 1.71 bits per heavy atom. The van der Waals surface area contributed by atoms with E-state index < -0.39 is 27.6 Å². The number of nitrogens with zero attached hydrogens (tertiary/aromatic N) is 1. The van der Waals surface area contributed by atoms with Crippen LogP contribution >= 0.6 is 23.2 Å². The minimum Gasteiger partial charge on any atom is -0.381 e. The number of hydrogen-bond donors (Lipinski definition) is 1. The first-order valence-corrected chi connectivity index (χ1v) is 9.28. The first-order chi connectivity index (χ1) is 13.2. The molecule has 1 N–H and O–H groups in total. The third-order valence-electron chi connectivity index (χ3n) is 4.86. The number of carbonyl (C=O) groups is 1. The minimum atomic E-state index is -4.55. The summed E-state index contributed by atoms with van der Waals surface area (Å²) in [5.41, 5.74) is -1.31. The van der Waals surface area contributed by atoms with E-state index in [0.717, 1.165) is 12.3 Å². The molecule has 0 bridgehead atoms. The number of aromatic nitrogens is 1. The van der Waals surface area contributed by atoms with Crippen LogP contribution in [0.1, 0.15) is 34.5 Å². The Balaban J connectivity index is 1.95. The van der Waals surface area contributed by atoms with Crippen molar-refractivity contribution >= 4 is 29.1 Å². The SMILES string of the molecule is O=C(NC(Cl)(Cl)C1(c2ccc(C(F)(F)F)nc2)CCOCC1)c1ccccc1. The standard InChI is InChI=1S/C19H17Cl2F3N2O2/c20-19(21,26-16(27)13-4-2-1-3-5-13)17(8-10-28-11-9-17)14-6-7-15(25-12-14)18(22,23)24/h1-7,12H,8-11H2,(H,26,27). The van der Waals surface area contributed by atoms with E-state index in [2.05, 4.69) is 10.3 Å². The number of rotatable bonds is 4. The fraction of sp³-hybridized carbons (Fsp3) is 0.368. The second kappa shape index (κ2) is 7.89. The van der Waals surface area contributed by atoms with Crippen LogP contribution in [0.4, 0.5) is 13.2 Å². The summed E-state index contributed by atoms with van der Waals surface area (Å²) in [5, 5.41) is 2.61. The smallest absolute Gasteiger partial charge is 0.381 e. The Morgan fingerprint density at radius 3 is 2.25 bits per heavy atom. The second-order valence-corrected chi connectivity index (χ2v) is 7.85. The van der Waals surface area contributed by atoms with Gasteiger partial charge < -0.3 is 10.1 Å². The third-order valence-corrected chi connectivity index (χ3v) is 5.77. The molecule has 1 aliphatic rings. The highest BCUT2D eigenvalue weighted by atomic mass is 35.5. The molecule has 1 amide bonds. The zero-order valence-corrected chi connectivity index (χ0v) is 16.1. The molecule has 3 rings (SSSR count). The maximum absolute atomic E-state index is 12.9. The molecular formula is C19H17Cl2F3N2O2. The third kappa shape index (κ3) is 4.11. The molecule has 2 heterocycles. The van der Waals surface area contributed by atoms with Crippen molar-refractivity contribution in [2.24, 2.45) is 0 Å². The molecule has 0 atom stereocenters. The molecular weight excluding hydrogens is 416 g/mol. The molecule has 0 radical (unpaired) electrons. The van der Waals surface area contributed by atoms with Crippen molar-refractivity contribution in [1.82, 2.24) is 10.3 Å². The predicted octanol–water partition coefficient (Wildman–Crippen LogP) is 4.71. The van der Waals surface area contributed by atoms with Gasteiger partial charge in [0.25, 0.3) is 5.91 Å². The summed E-state index contributed by atoms with van der Waals surface area (Å²) in [6.45, 7) is 0.590. The Kier molecular flexibility index (Phi) is 5.89. The number of nitrogens with one attached hydrogen (secondary N) is 1. The number of halogens is 5. The van der Waals surface area contributed by atoms with Crippen molar-refractivity contribution in [3.05, 3.63) is 65.5 Å². The van der Waals surface area contributed by atoms with Crippen LogP contribution < -0.4 is 5.32 Å². The summed E-state index contributed by atoms with van der Waals surface area (Å²) in [7, 11) is 0. The Hall–Kier alpha value is -1.83. The van der Waals surface area contributed by atoms with Gasteiger partial charge in [-0.1, -0.05) is 47.5 Å². The van der Waals surface area contributed by atoms with Crippen LogP contribution in [0, 0.1) is 0 Å². The summed E-state index contributed by atoms with van der Waals surface area (Å²) in [4.78, 5) is 16.1. The molecule has 1 saturated heterocycles. The van der Waals surface area contributed by atoms with Crippen molar-refractivity contribution in [2.75, 3.05) is 13.2 Å². The van der Waals surface area contributed by atoms with Crippen molar-refractivity contribution in [3.8, 4) is 0 Å². The number of ether oxygens (including phenoxy) is 1. The monoisotopic (exact) mass is 432 g/mol. The quantitative estimate of drug-likeness (QED) is 0.562. The van der Waals surface area contributed by atoms with Crippen molar-refractivity contribution in [1.29, 1.82) is 0 Å². The van der Waals surface area contributed by atoms with Gasteiger partial charge in [-0.2, -0.15) is 13.2 Å². The first kappa shape index (κ1) is 20.9. The highest BCUT2D eigenvalue weighted by Crippen LogP contribution is 2.48. The van der Waals surface area contributed by atoms with Crippen LogP contribution in [0.15, 0.2) is 48.7 Å². The van der Waals surface area contributed by atoms with Gasteiger partial charge in [0.05, 0.1) is 5.41 Å². The number of alkyl halides is 5. The maximum atomic E-state index is 12.9. The molecule has 0 saturated carbocycles. The average molecular weight is 433 g/mol. The number of pyridine rings is 1. The van der Waals surface area contributed by atoms with E-state index in [4.69, 9.17) is 27.9 Å². The van der Waals surface area contributed by atoms with Gasteiger partial charge in [0.15, 0.2) is 4.46 Å². The lowest BCUT2D eigenvalue weighted by molar-refractivity contribution is -0.141. The van der Waals surface area contributed by atoms with Gasteiger partial charge in [-0.25, -0.2) is 0 Å². The molecule has 1 fully saturated rings. The van der Waals surface area contributed by atoms with Crippen molar-refractivity contribution in [2.45, 2.75) is 28.9 Å². The van der Waals surface area contributed by atoms with Crippen LogP contribution in [0.5, 0.6) is 0 Å². The van der Waals surface area contributed by atoms with Gasteiger partial charge in [-0.15, -0.1) is 0 Å². The van der Waals surface area contributed by atoms with E-state index >= 15 is 0 Å². The molecule has 1 aromatic carbocycles. The van der Waals surface area contributed by atoms with Gasteiger partial charge >= 0.3 is 6.18 Å². The largest absolute Gasteiger partial charge is 0.433 e. The van der Waals surface area contributed by atoms with E-state index in [1.165, 1.54) is 6.07 Å². The molecule has 0 aliphatic carbocycles. The summed E-state index contributed by atoms with van der Waals surface area (Å²) in [6, 6.07) is 10.6. The van der Waals surface area contributed by atoms with E-state index in [1.807, 2.05) is 0 Å². The lowest BCUT2D eigenvalue weighted by Crippen LogP contribution is -2.57. The number of benzene rings is 1. The van der Waals surface area contributed by atoms with Crippen LogP contribution in [0.3, 0.4) is 0 Å². The van der Waals surface area contributed by atoms with E-state index in [9.17, 15) is 18.0 Å². The van der Waals surface area contributed by atoms with Gasteiger partial charge in [0.2, 0.25) is 0 Å². The molecule has 2 aromatic rings. The molecule has 9 heteroatoms. The maximum Gasteiger partial charge on any atom is 0.433 e. The van der Waals surface area contributed by atoms with Crippen molar-refractivity contribution in [3.63, 3.8) is 0 Å². The fourth-order valence-electron chi connectivity index (χ4n) is 3.27. The zero-order valence-electron chi connectivity index (χ0n) is 14.6. The molecule has 1 aliphatic heterocycles. The number of carbonyl (C=O) groups excluding carboxylic acids is 1. The second-order valence-electron chi connectivity index (χ2n) is 6.52.